The Morgan fingerprint density at radius 2 is 0.857 bits per heavy atom. The minimum Gasteiger partial charge on any atom is -0.894 e. The first-order chi connectivity index (χ1) is 2.00. The molecule has 36 valence electrons. The maximum absolute atomic E-state index is 8.58. The Balaban J connectivity index is -0.0000000800. The molecule has 4 radical (unpaired) electrons. The Morgan fingerprint density at radius 1 is 0.857 bits per heavy atom. The van der Waals surface area contributed by atoms with E-state index in [0.29, 0.717) is 0 Å². The SMILES string of the molecule is [Bi+3].[Ge+2].[O-][Si]([O-])([O-])[O-]. The Bertz CT molecular complexity index is 27.2. The second-order valence-corrected chi connectivity index (χ2v) is 1.50. The largest absolute Gasteiger partial charge is 3.00 e. The van der Waals surface area contributed by atoms with E-state index in [4.69, 9.17) is 19.2 Å². The fourth-order valence-corrected chi connectivity index (χ4v) is 0. The molecule has 0 saturated heterocycles. The molecule has 0 saturated carbocycles. The molecule has 0 fully saturated rings. The van der Waals surface area contributed by atoms with Crippen molar-refractivity contribution in [2.24, 2.45) is 0 Å². The van der Waals surface area contributed by atoms with Crippen molar-refractivity contribution in [3.05, 3.63) is 0 Å². The van der Waals surface area contributed by atoms with E-state index in [0.717, 1.165) is 0 Å². The molecule has 0 aromatic heterocycles. The van der Waals surface area contributed by atoms with Gasteiger partial charge in [0, 0.05) is 0 Å². The van der Waals surface area contributed by atoms with Crippen LogP contribution in [0.4, 0.5) is 0 Å². The molecule has 0 aliphatic heterocycles. The summed E-state index contributed by atoms with van der Waals surface area (Å²) in [6, 6.07) is 0. The minimum absolute atomic E-state index is 0. The first kappa shape index (κ1) is 15.8. The molecule has 0 heterocycles. The summed E-state index contributed by atoms with van der Waals surface area (Å²) in [6.07, 6.45) is 0. The normalized spacial score (nSPS) is 8.57. The molecule has 0 N–H and O–H groups in total. The van der Waals surface area contributed by atoms with Gasteiger partial charge < -0.3 is 28.2 Å². The molecule has 7 heteroatoms. The molecule has 0 aliphatic rings. The maximum atomic E-state index is 8.58. The zero-order chi connectivity index (χ0) is 4.50. The van der Waals surface area contributed by atoms with E-state index in [-0.39, 0.29) is 43.8 Å². The fourth-order valence-electron chi connectivity index (χ4n) is 0. The number of rotatable bonds is 0. The van der Waals surface area contributed by atoms with Crippen molar-refractivity contribution < 1.29 is 19.2 Å². The summed E-state index contributed by atoms with van der Waals surface area (Å²) in [6.45, 7) is 0. The second-order valence-electron chi connectivity index (χ2n) is 0.500. The Kier molecular flexibility index (Phi) is 12.7. The molecule has 7 heavy (non-hydrogen) atoms. The van der Waals surface area contributed by atoms with E-state index in [1.54, 1.807) is 0 Å². The first-order valence-electron chi connectivity index (χ1n) is 0.816. The molecule has 0 amide bonds. The van der Waals surface area contributed by atoms with Crippen LogP contribution >= 0.6 is 0 Å². The third-order valence-electron chi connectivity index (χ3n) is 0. The van der Waals surface area contributed by atoms with Crippen molar-refractivity contribution in [1.29, 1.82) is 0 Å². The first-order valence-corrected chi connectivity index (χ1v) is 2.45. The van der Waals surface area contributed by atoms with Crippen LogP contribution in [0.15, 0.2) is 0 Å². The topological polar surface area (TPSA) is 92.2 Å². The van der Waals surface area contributed by atoms with Crippen LogP contribution in [0, 0.1) is 0 Å². The average Bonchev–Trinajstić information content (AvgIpc) is 0.722. The summed E-state index contributed by atoms with van der Waals surface area (Å²) >= 11 is 0. The molecule has 0 aliphatic carbocycles. The van der Waals surface area contributed by atoms with E-state index in [1.807, 2.05) is 0 Å². The summed E-state index contributed by atoms with van der Waals surface area (Å²) < 4.78 is 0. The monoisotopic (exact) mass is 375 g/mol. The molecule has 0 aromatic carbocycles. The van der Waals surface area contributed by atoms with Crippen molar-refractivity contribution in [3.63, 3.8) is 0 Å². The molecular formula is BiGeO4Si+. The summed E-state index contributed by atoms with van der Waals surface area (Å²) in [4.78, 5) is 34.3. The Hall–Kier alpha value is 1.48. The van der Waals surface area contributed by atoms with Gasteiger partial charge in [-0.05, 0) is 0 Å². The van der Waals surface area contributed by atoms with Crippen molar-refractivity contribution in [2.45, 2.75) is 0 Å². The van der Waals surface area contributed by atoms with Gasteiger partial charge in [0.2, 0.25) is 0 Å². The van der Waals surface area contributed by atoms with Crippen LogP contribution in [-0.2, 0) is 0 Å². The van der Waals surface area contributed by atoms with E-state index in [1.165, 1.54) is 0 Å². The minimum atomic E-state index is -5.61. The Labute approximate surface area is 71.8 Å². The van der Waals surface area contributed by atoms with Gasteiger partial charge >= 0.3 is 43.8 Å². The molecule has 4 nitrogen and oxygen atoms in total. The van der Waals surface area contributed by atoms with Gasteiger partial charge in [0.15, 0.2) is 0 Å². The van der Waals surface area contributed by atoms with Crippen LogP contribution < -0.4 is 19.2 Å². The number of hydrogen-bond donors (Lipinski definition) is 0. The van der Waals surface area contributed by atoms with Gasteiger partial charge in [-0.25, -0.2) is 0 Å². The number of hydrogen-bond acceptors (Lipinski definition) is 4. The van der Waals surface area contributed by atoms with Crippen LogP contribution in [0.1, 0.15) is 0 Å². The van der Waals surface area contributed by atoms with Crippen LogP contribution in [-0.4, -0.2) is 52.8 Å². The van der Waals surface area contributed by atoms with Crippen molar-refractivity contribution in [1.82, 2.24) is 0 Å². The van der Waals surface area contributed by atoms with Crippen LogP contribution in [0.3, 0.4) is 0 Å². The van der Waals surface area contributed by atoms with E-state index in [2.05, 4.69) is 0 Å². The van der Waals surface area contributed by atoms with Crippen molar-refractivity contribution >= 4 is 52.8 Å². The van der Waals surface area contributed by atoms with Crippen LogP contribution in [0.5, 0.6) is 0 Å². The molecule has 0 atom stereocenters. The molecular weight excluding hydrogens is 374 g/mol. The van der Waals surface area contributed by atoms with Crippen molar-refractivity contribution in [3.8, 4) is 0 Å². The van der Waals surface area contributed by atoms with E-state index >= 15 is 0 Å². The summed E-state index contributed by atoms with van der Waals surface area (Å²) in [5.74, 6) is 0. The molecule has 0 aromatic rings. The van der Waals surface area contributed by atoms with Gasteiger partial charge in [-0.3, -0.25) is 0 Å². The van der Waals surface area contributed by atoms with Gasteiger partial charge in [0.05, 0.1) is 0 Å². The second kappa shape index (κ2) is 5.62. The van der Waals surface area contributed by atoms with Gasteiger partial charge in [0.1, 0.15) is 0 Å². The zero-order valence-electron chi connectivity index (χ0n) is 3.08. The molecule has 0 bridgehead atoms. The summed E-state index contributed by atoms with van der Waals surface area (Å²) in [5.41, 5.74) is 0. The van der Waals surface area contributed by atoms with E-state index < -0.39 is 9.05 Å². The summed E-state index contributed by atoms with van der Waals surface area (Å²) in [7, 11) is -5.61. The maximum Gasteiger partial charge on any atom is 3.00 e. The van der Waals surface area contributed by atoms with Crippen molar-refractivity contribution in [2.75, 3.05) is 0 Å². The van der Waals surface area contributed by atoms with Crippen LogP contribution in [0.25, 0.3) is 0 Å². The van der Waals surface area contributed by atoms with E-state index in [9.17, 15) is 0 Å². The zero-order valence-corrected chi connectivity index (χ0v) is 9.66. The van der Waals surface area contributed by atoms with Gasteiger partial charge in [-0.15, -0.1) is 0 Å². The molecule has 0 spiro atoms. The fraction of sp³-hybridized carbons (Fsp3) is 0. The van der Waals surface area contributed by atoms with Gasteiger partial charge in [0.25, 0.3) is 0 Å². The third kappa shape index (κ3) is 102. The molecule has 0 unspecified atom stereocenters. The van der Waals surface area contributed by atoms with Crippen LogP contribution in [0.2, 0.25) is 0 Å². The standard InChI is InChI=1S/Bi.Ge.O4Si/c;;1-5(2,3)4/q+3;+2;-4. The third-order valence-corrected chi connectivity index (χ3v) is 0. The average molecular weight is 374 g/mol. The summed E-state index contributed by atoms with van der Waals surface area (Å²) in [5, 5.41) is 0. The Morgan fingerprint density at radius 3 is 0.857 bits per heavy atom. The smallest absolute Gasteiger partial charge is 0.894 e. The molecule has 0 rings (SSSR count). The predicted octanol–water partition coefficient (Wildman–Crippen LogP) is -5.90. The quantitative estimate of drug-likeness (QED) is 0.395. The predicted molar refractivity (Wildman–Crippen MR) is 17.3 cm³/mol. The van der Waals surface area contributed by atoms with Gasteiger partial charge in [-0.1, -0.05) is 0 Å². The van der Waals surface area contributed by atoms with Gasteiger partial charge in [-0.2, -0.15) is 0 Å².